The quantitative estimate of drug-likeness (QED) is 0.241. The van der Waals surface area contributed by atoms with Crippen LogP contribution in [0, 0.1) is 0 Å². The van der Waals surface area contributed by atoms with Crippen molar-refractivity contribution in [1.82, 2.24) is 0 Å². The van der Waals surface area contributed by atoms with Gasteiger partial charge in [-0.3, -0.25) is 28.3 Å². The van der Waals surface area contributed by atoms with Crippen molar-refractivity contribution in [2.75, 3.05) is 0 Å². The van der Waals surface area contributed by atoms with Gasteiger partial charge >= 0.3 is 10.4 Å². The highest BCUT2D eigenvalue weighted by molar-refractivity contribution is 8.93. The standard InChI is InChI=1S/4C2H4O2.2BrH.ClH.H2O4S/c4*1-2(3)4;;;;1-5(2,3)4/h4*1H3,(H,3,4);3*1H;(H2,1,2,3,4). The Bertz CT molecular complexity index is 339. The van der Waals surface area contributed by atoms with Gasteiger partial charge in [-0.15, -0.1) is 46.4 Å². The number of hydrogen-bond acceptors (Lipinski definition) is 6. The Morgan fingerprint density at radius 1 is 0.583 bits per heavy atom. The normalized spacial score (nSPS) is 6.58. The molecule has 0 atom stereocenters. The Kier molecular flexibility index (Phi) is 69.2. The monoisotopic (exact) mass is 534 g/mol. The van der Waals surface area contributed by atoms with Crippen LogP contribution in [0.1, 0.15) is 27.7 Å². The second-order valence-corrected chi connectivity index (χ2v) is 3.42. The number of carboxylic acids is 4. The van der Waals surface area contributed by atoms with Crippen molar-refractivity contribution in [3.05, 3.63) is 0 Å². The molecule has 16 heteroatoms. The molecule has 0 unspecified atom stereocenters. The average Bonchev–Trinajstić information content (AvgIpc) is 1.91. The van der Waals surface area contributed by atoms with E-state index in [1.165, 1.54) is 0 Å². The van der Waals surface area contributed by atoms with Crippen LogP contribution < -0.4 is 0 Å². The van der Waals surface area contributed by atoms with Gasteiger partial charge in [0, 0.05) is 27.7 Å². The Balaban J connectivity index is -0.0000000216. The van der Waals surface area contributed by atoms with Crippen LogP contribution >= 0.6 is 46.4 Å². The fraction of sp³-hybridized carbons (Fsp3) is 0.500. The third-order valence-electron chi connectivity index (χ3n) is 0. The number of rotatable bonds is 0. The molecule has 0 aliphatic carbocycles. The number of hydrogen-bond donors (Lipinski definition) is 6. The zero-order valence-electron chi connectivity index (χ0n) is 12.8. The topological polar surface area (TPSA) is 224 Å². The first kappa shape index (κ1) is 49.5. The van der Waals surface area contributed by atoms with Crippen LogP contribution in [0.5, 0.6) is 0 Å². The van der Waals surface area contributed by atoms with Crippen molar-refractivity contribution in [3.63, 3.8) is 0 Å². The molecule has 152 valence electrons. The summed E-state index contributed by atoms with van der Waals surface area (Å²) in [5.41, 5.74) is 0. The summed E-state index contributed by atoms with van der Waals surface area (Å²) in [6.07, 6.45) is 0. The molecular weight excluding hydrogens is 515 g/mol. The minimum absolute atomic E-state index is 0. The van der Waals surface area contributed by atoms with E-state index in [-0.39, 0.29) is 46.4 Å². The second kappa shape index (κ2) is 33.6. The van der Waals surface area contributed by atoms with Gasteiger partial charge in [0.15, 0.2) is 0 Å². The van der Waals surface area contributed by atoms with Crippen LogP contribution in [0.4, 0.5) is 0 Å². The summed E-state index contributed by atoms with van der Waals surface area (Å²) >= 11 is 0. The molecule has 0 aromatic heterocycles. The van der Waals surface area contributed by atoms with Gasteiger partial charge in [-0.1, -0.05) is 0 Å². The first-order chi connectivity index (χ1) is 8.93. The molecule has 0 fully saturated rings. The highest BCUT2D eigenvalue weighted by Crippen LogP contribution is 1.59. The molecule has 0 aliphatic heterocycles. The van der Waals surface area contributed by atoms with E-state index in [0.29, 0.717) is 0 Å². The molecule has 0 aromatic rings. The van der Waals surface area contributed by atoms with Crippen LogP contribution in [-0.4, -0.2) is 61.8 Å². The first-order valence-corrected chi connectivity index (χ1v) is 5.81. The molecule has 0 saturated heterocycles. The van der Waals surface area contributed by atoms with Gasteiger partial charge < -0.3 is 20.4 Å². The lowest BCUT2D eigenvalue weighted by molar-refractivity contribution is -0.135. The van der Waals surface area contributed by atoms with Crippen LogP contribution in [0.25, 0.3) is 0 Å². The summed E-state index contributed by atoms with van der Waals surface area (Å²) < 4.78 is 31.6. The van der Waals surface area contributed by atoms with Gasteiger partial charge in [-0.2, -0.15) is 8.42 Å². The van der Waals surface area contributed by atoms with Crippen LogP contribution in [0.15, 0.2) is 0 Å². The molecule has 0 spiro atoms. The van der Waals surface area contributed by atoms with Crippen LogP contribution in [-0.2, 0) is 29.6 Å². The van der Waals surface area contributed by atoms with Crippen molar-refractivity contribution in [2.24, 2.45) is 0 Å². The van der Waals surface area contributed by atoms with Gasteiger partial charge in [0.25, 0.3) is 23.9 Å². The van der Waals surface area contributed by atoms with Gasteiger partial charge in [-0.05, 0) is 0 Å². The number of carboxylic acid groups (broad SMARTS) is 4. The molecule has 0 rings (SSSR count). The summed E-state index contributed by atoms with van der Waals surface area (Å²) in [5.74, 6) is -3.33. The molecule has 0 amide bonds. The summed E-state index contributed by atoms with van der Waals surface area (Å²) in [4.78, 5) is 36.0. The summed E-state index contributed by atoms with van der Waals surface area (Å²) in [6, 6.07) is 0. The second-order valence-electron chi connectivity index (χ2n) is 2.52. The zero-order chi connectivity index (χ0) is 18.8. The lowest BCUT2D eigenvalue weighted by atomic mass is 10.9. The molecule has 0 heterocycles. The molecular formula is C8H21Br2ClO12S. The van der Waals surface area contributed by atoms with Crippen molar-refractivity contribution in [3.8, 4) is 0 Å². The predicted molar refractivity (Wildman–Crippen MR) is 95.3 cm³/mol. The minimum Gasteiger partial charge on any atom is -0.481 e. The fourth-order valence-corrected chi connectivity index (χ4v) is 0. The van der Waals surface area contributed by atoms with E-state index in [1.54, 1.807) is 0 Å². The largest absolute Gasteiger partial charge is 0.481 e. The summed E-state index contributed by atoms with van der Waals surface area (Å²) in [7, 11) is -4.67. The highest BCUT2D eigenvalue weighted by Gasteiger charge is 1.84. The van der Waals surface area contributed by atoms with E-state index in [2.05, 4.69) is 0 Å². The van der Waals surface area contributed by atoms with Gasteiger partial charge in [0.05, 0.1) is 0 Å². The maximum absolute atomic E-state index is 9.00. The number of halogens is 3. The lowest BCUT2D eigenvalue weighted by Crippen LogP contribution is -1.89. The Morgan fingerprint density at radius 3 is 0.583 bits per heavy atom. The third-order valence-corrected chi connectivity index (χ3v) is 0. The zero-order valence-corrected chi connectivity index (χ0v) is 17.8. The SMILES string of the molecule is Br.Br.CC(=O)O.CC(=O)O.CC(=O)O.CC(=O)O.Cl.O=S(=O)(O)O. The van der Waals surface area contributed by atoms with Crippen molar-refractivity contribution in [2.45, 2.75) is 27.7 Å². The Morgan fingerprint density at radius 2 is 0.583 bits per heavy atom. The summed E-state index contributed by atoms with van der Waals surface area (Å²) in [6.45, 7) is 4.33. The molecule has 0 aromatic carbocycles. The van der Waals surface area contributed by atoms with E-state index in [4.69, 9.17) is 57.1 Å². The molecule has 6 N–H and O–H groups in total. The van der Waals surface area contributed by atoms with Gasteiger partial charge in [0.1, 0.15) is 0 Å². The van der Waals surface area contributed by atoms with E-state index in [1.807, 2.05) is 0 Å². The molecule has 24 heavy (non-hydrogen) atoms. The van der Waals surface area contributed by atoms with Crippen molar-refractivity contribution >= 4 is 80.6 Å². The Hall–Kier alpha value is -1.00. The van der Waals surface area contributed by atoms with E-state index in [9.17, 15) is 0 Å². The number of carbonyl (C=O) groups is 4. The Labute approximate surface area is 165 Å². The smallest absolute Gasteiger partial charge is 0.394 e. The van der Waals surface area contributed by atoms with Gasteiger partial charge in [0.2, 0.25) is 0 Å². The minimum atomic E-state index is -4.67. The van der Waals surface area contributed by atoms with Crippen molar-refractivity contribution < 1.29 is 57.1 Å². The summed E-state index contributed by atoms with van der Waals surface area (Å²) in [5, 5.41) is 29.7. The maximum atomic E-state index is 9.00. The van der Waals surface area contributed by atoms with Crippen molar-refractivity contribution in [1.29, 1.82) is 0 Å². The number of aliphatic carboxylic acids is 4. The van der Waals surface area contributed by atoms with E-state index >= 15 is 0 Å². The predicted octanol–water partition coefficient (Wildman–Crippen LogP) is 1.29. The first-order valence-electron chi connectivity index (χ1n) is 4.41. The van der Waals surface area contributed by atoms with E-state index in [0.717, 1.165) is 27.7 Å². The average molecular weight is 537 g/mol. The maximum Gasteiger partial charge on any atom is 0.394 e. The third kappa shape index (κ3) is 8400. The molecule has 0 bridgehead atoms. The highest BCUT2D eigenvalue weighted by atomic mass is 79.9. The van der Waals surface area contributed by atoms with Crippen LogP contribution in [0.2, 0.25) is 0 Å². The van der Waals surface area contributed by atoms with Crippen LogP contribution in [0.3, 0.4) is 0 Å². The lowest BCUT2D eigenvalue weighted by Gasteiger charge is -1.68. The molecule has 0 radical (unpaired) electrons. The molecule has 0 aliphatic rings. The molecule has 0 saturated carbocycles. The molecule has 12 nitrogen and oxygen atoms in total. The van der Waals surface area contributed by atoms with E-state index < -0.39 is 34.3 Å². The fourth-order valence-electron chi connectivity index (χ4n) is 0. The van der Waals surface area contributed by atoms with Gasteiger partial charge in [-0.25, -0.2) is 0 Å².